The van der Waals surface area contributed by atoms with Crippen LogP contribution in [-0.4, -0.2) is 19.2 Å². The maximum atomic E-state index is 12.2. The molecule has 0 unspecified atom stereocenters. The van der Waals surface area contributed by atoms with Crippen molar-refractivity contribution >= 4 is 5.97 Å². The van der Waals surface area contributed by atoms with Gasteiger partial charge in [0.15, 0.2) is 0 Å². The summed E-state index contributed by atoms with van der Waals surface area (Å²) in [6.45, 7) is 0. The highest BCUT2D eigenvalue weighted by atomic mass is 16.5. The summed E-state index contributed by atoms with van der Waals surface area (Å²) in [4.78, 5) is 12.2. The Kier molecular flexibility index (Phi) is 4.96. The molecule has 0 aromatic heterocycles. The van der Waals surface area contributed by atoms with Crippen molar-refractivity contribution in [1.29, 1.82) is 0 Å². The second-order valence-corrected chi connectivity index (χ2v) is 6.02. The van der Waals surface area contributed by atoms with Crippen molar-refractivity contribution < 1.29 is 14.3 Å². The van der Waals surface area contributed by atoms with Gasteiger partial charge >= 0.3 is 5.97 Å². The van der Waals surface area contributed by atoms with Crippen LogP contribution in [0.25, 0.3) is 0 Å². The summed E-state index contributed by atoms with van der Waals surface area (Å²) in [6, 6.07) is 17.7. The lowest BCUT2D eigenvalue weighted by Gasteiger charge is -2.28. The van der Waals surface area contributed by atoms with Gasteiger partial charge in [-0.3, -0.25) is 0 Å². The average molecular weight is 310 g/mol. The molecular weight excluding hydrogens is 288 g/mol. The molecule has 0 aliphatic heterocycles. The molecule has 1 aliphatic rings. The smallest absolute Gasteiger partial charge is 0.338 e. The topological polar surface area (TPSA) is 35.5 Å². The van der Waals surface area contributed by atoms with Gasteiger partial charge in [0.05, 0.1) is 12.7 Å². The molecule has 1 fully saturated rings. The van der Waals surface area contributed by atoms with Gasteiger partial charge in [0.1, 0.15) is 11.9 Å². The molecule has 3 heteroatoms. The molecule has 2 aromatic carbocycles. The van der Waals surface area contributed by atoms with Crippen LogP contribution in [0.2, 0.25) is 0 Å². The summed E-state index contributed by atoms with van der Waals surface area (Å²) in [5, 5.41) is 0. The quantitative estimate of drug-likeness (QED) is 0.776. The molecule has 1 aliphatic carbocycles. The van der Waals surface area contributed by atoms with E-state index in [-0.39, 0.29) is 12.1 Å². The summed E-state index contributed by atoms with van der Waals surface area (Å²) in [6.07, 6.45) is 4.04. The number of hydrogen-bond donors (Lipinski definition) is 0. The van der Waals surface area contributed by atoms with E-state index in [2.05, 4.69) is 24.3 Å². The maximum absolute atomic E-state index is 12.2. The van der Waals surface area contributed by atoms with Crippen LogP contribution in [-0.2, 0) is 4.74 Å². The number of carbonyl (C=O) groups is 1. The summed E-state index contributed by atoms with van der Waals surface area (Å²) in [7, 11) is 1.61. The maximum Gasteiger partial charge on any atom is 0.338 e. The second-order valence-electron chi connectivity index (χ2n) is 6.02. The zero-order chi connectivity index (χ0) is 16.1. The van der Waals surface area contributed by atoms with Crippen molar-refractivity contribution in [3.8, 4) is 5.75 Å². The Morgan fingerprint density at radius 1 is 0.913 bits per heavy atom. The molecule has 3 rings (SSSR count). The Morgan fingerprint density at radius 3 is 2.17 bits per heavy atom. The minimum absolute atomic E-state index is 0.0320. The normalized spacial score (nSPS) is 20.7. The standard InChI is InChI=1S/C20H22O3/c1-22-18-11-9-17(10-12-18)20(21)23-19-13-7-16(8-14-19)15-5-3-2-4-6-15/h2-6,9-12,16,19H,7-8,13-14H2,1H3. The van der Waals surface area contributed by atoms with Crippen LogP contribution in [0.15, 0.2) is 54.6 Å². The minimum atomic E-state index is -0.240. The van der Waals surface area contributed by atoms with Crippen LogP contribution >= 0.6 is 0 Å². The Bertz CT molecular complexity index is 626. The molecular formula is C20H22O3. The van der Waals surface area contributed by atoms with E-state index in [0.717, 1.165) is 31.4 Å². The van der Waals surface area contributed by atoms with Gasteiger partial charge in [-0.15, -0.1) is 0 Å². The molecule has 3 nitrogen and oxygen atoms in total. The van der Waals surface area contributed by atoms with E-state index in [1.54, 1.807) is 31.4 Å². The van der Waals surface area contributed by atoms with Crippen molar-refractivity contribution in [3.63, 3.8) is 0 Å². The monoisotopic (exact) mass is 310 g/mol. The van der Waals surface area contributed by atoms with Gasteiger partial charge in [-0.2, -0.15) is 0 Å². The van der Waals surface area contributed by atoms with Gasteiger partial charge in [0, 0.05) is 0 Å². The van der Waals surface area contributed by atoms with Crippen LogP contribution in [0.3, 0.4) is 0 Å². The third-order valence-electron chi connectivity index (χ3n) is 4.54. The first-order chi connectivity index (χ1) is 11.3. The number of esters is 1. The number of methoxy groups -OCH3 is 1. The van der Waals surface area contributed by atoms with Crippen LogP contribution in [0.5, 0.6) is 5.75 Å². The summed E-state index contributed by atoms with van der Waals surface area (Å²) >= 11 is 0. The Hall–Kier alpha value is -2.29. The average Bonchev–Trinajstić information content (AvgIpc) is 2.63. The second kappa shape index (κ2) is 7.32. The molecule has 0 heterocycles. The lowest BCUT2D eigenvalue weighted by atomic mass is 9.83. The highest BCUT2D eigenvalue weighted by Crippen LogP contribution is 2.34. The minimum Gasteiger partial charge on any atom is -0.497 e. The zero-order valence-corrected chi connectivity index (χ0v) is 13.4. The third-order valence-corrected chi connectivity index (χ3v) is 4.54. The number of hydrogen-bond acceptors (Lipinski definition) is 3. The fourth-order valence-electron chi connectivity index (χ4n) is 3.19. The Balaban J connectivity index is 1.53. The van der Waals surface area contributed by atoms with E-state index in [0.29, 0.717) is 11.5 Å². The molecule has 0 amide bonds. The van der Waals surface area contributed by atoms with Crippen molar-refractivity contribution in [2.75, 3.05) is 7.11 Å². The van der Waals surface area contributed by atoms with E-state index in [9.17, 15) is 4.79 Å². The number of carbonyl (C=O) groups excluding carboxylic acids is 1. The molecule has 0 atom stereocenters. The zero-order valence-electron chi connectivity index (χ0n) is 13.4. The molecule has 1 saturated carbocycles. The number of rotatable bonds is 4. The van der Waals surface area contributed by atoms with Crippen LogP contribution in [0.1, 0.15) is 47.5 Å². The molecule has 0 N–H and O–H groups in total. The molecule has 120 valence electrons. The van der Waals surface area contributed by atoms with Gasteiger partial charge in [0.2, 0.25) is 0 Å². The van der Waals surface area contributed by atoms with E-state index in [4.69, 9.17) is 9.47 Å². The Labute approximate surface area is 137 Å². The van der Waals surface area contributed by atoms with Crippen LogP contribution in [0, 0.1) is 0 Å². The third kappa shape index (κ3) is 3.92. The predicted octanol–water partition coefficient (Wildman–Crippen LogP) is 4.58. The molecule has 0 saturated heterocycles. The first-order valence-electron chi connectivity index (χ1n) is 8.16. The van der Waals surface area contributed by atoms with Crippen molar-refractivity contribution in [3.05, 3.63) is 65.7 Å². The van der Waals surface area contributed by atoms with Crippen LogP contribution < -0.4 is 4.74 Å². The van der Waals surface area contributed by atoms with Gasteiger partial charge in [-0.1, -0.05) is 30.3 Å². The highest BCUT2D eigenvalue weighted by molar-refractivity contribution is 5.89. The van der Waals surface area contributed by atoms with E-state index in [1.165, 1.54) is 5.56 Å². The lowest BCUT2D eigenvalue weighted by Crippen LogP contribution is -2.23. The SMILES string of the molecule is COc1ccc(C(=O)OC2CCC(c3ccccc3)CC2)cc1. The van der Waals surface area contributed by atoms with Gasteiger partial charge in [-0.05, 0) is 61.4 Å². The Morgan fingerprint density at radius 2 is 1.57 bits per heavy atom. The first kappa shape index (κ1) is 15.6. The molecule has 0 radical (unpaired) electrons. The van der Waals surface area contributed by atoms with Crippen molar-refractivity contribution in [2.45, 2.75) is 37.7 Å². The largest absolute Gasteiger partial charge is 0.497 e. The molecule has 0 spiro atoms. The molecule has 23 heavy (non-hydrogen) atoms. The van der Waals surface area contributed by atoms with Gasteiger partial charge < -0.3 is 9.47 Å². The van der Waals surface area contributed by atoms with Crippen molar-refractivity contribution in [1.82, 2.24) is 0 Å². The first-order valence-corrected chi connectivity index (χ1v) is 8.16. The lowest BCUT2D eigenvalue weighted by molar-refractivity contribution is 0.0195. The van der Waals surface area contributed by atoms with E-state index < -0.39 is 0 Å². The summed E-state index contributed by atoms with van der Waals surface area (Å²) in [5.41, 5.74) is 1.98. The predicted molar refractivity (Wildman–Crippen MR) is 89.8 cm³/mol. The molecule has 0 bridgehead atoms. The summed E-state index contributed by atoms with van der Waals surface area (Å²) < 4.78 is 10.8. The fraction of sp³-hybridized carbons (Fsp3) is 0.350. The fourth-order valence-corrected chi connectivity index (χ4v) is 3.19. The van der Waals surface area contributed by atoms with Crippen LogP contribution in [0.4, 0.5) is 0 Å². The van der Waals surface area contributed by atoms with E-state index in [1.807, 2.05) is 6.07 Å². The molecule has 2 aromatic rings. The number of benzene rings is 2. The van der Waals surface area contributed by atoms with Gasteiger partial charge in [0.25, 0.3) is 0 Å². The summed E-state index contributed by atoms with van der Waals surface area (Å²) in [5.74, 6) is 1.09. The van der Waals surface area contributed by atoms with Gasteiger partial charge in [-0.25, -0.2) is 4.79 Å². The number of ether oxygens (including phenoxy) is 2. The van der Waals surface area contributed by atoms with Crippen molar-refractivity contribution in [2.24, 2.45) is 0 Å². The van der Waals surface area contributed by atoms with E-state index >= 15 is 0 Å². The highest BCUT2D eigenvalue weighted by Gasteiger charge is 2.25.